The van der Waals surface area contributed by atoms with Crippen molar-refractivity contribution in [3.63, 3.8) is 0 Å². The Hall–Kier alpha value is 0.500. The van der Waals surface area contributed by atoms with Gasteiger partial charge in [-0.15, -0.1) is 0 Å². The van der Waals surface area contributed by atoms with Crippen molar-refractivity contribution in [3.05, 3.63) is 34.1 Å². The van der Waals surface area contributed by atoms with Crippen LogP contribution in [0.4, 0.5) is 4.39 Å². The normalized spacial score (nSPS) is 13.1. The summed E-state index contributed by atoms with van der Waals surface area (Å²) in [5.41, 5.74) is -2.94. The summed E-state index contributed by atoms with van der Waals surface area (Å²) in [6.07, 6.45) is 0. The molecular weight excluding hydrogens is 302 g/mol. The van der Waals surface area contributed by atoms with Crippen molar-refractivity contribution in [1.82, 2.24) is 0 Å². The van der Waals surface area contributed by atoms with Crippen molar-refractivity contribution in [3.8, 4) is 0 Å². The number of halogens is 2. The Kier molecular flexibility index (Phi) is 5.91. The van der Waals surface area contributed by atoms with Gasteiger partial charge < -0.3 is 9.66 Å². The second-order valence-corrected chi connectivity index (χ2v) is 4.77. The van der Waals surface area contributed by atoms with Crippen molar-refractivity contribution < 1.29 is 52.0 Å². The molecule has 0 amide bonds. The van der Waals surface area contributed by atoms with Gasteiger partial charge in [0.1, 0.15) is 15.9 Å². The molecule has 0 fully saturated rings. The van der Waals surface area contributed by atoms with Crippen LogP contribution in [-0.2, 0) is 10.1 Å². The molecule has 0 bridgehead atoms. The Bertz CT molecular complexity index is 450. The Morgan fingerprint density at radius 2 is 2.00 bits per heavy atom. The summed E-state index contributed by atoms with van der Waals surface area (Å²) in [5.74, 6) is -0.959. The molecular formula is C7H5BrFNaO4S. The van der Waals surface area contributed by atoms with Crippen LogP contribution in [0.15, 0.2) is 22.7 Å². The van der Waals surface area contributed by atoms with Crippen LogP contribution in [-0.4, -0.2) is 18.1 Å². The Morgan fingerprint density at radius 1 is 1.47 bits per heavy atom. The first-order valence-corrected chi connectivity index (χ1v) is 5.67. The number of aliphatic hydroxyl groups excluding tert-OH is 1. The Labute approximate surface area is 117 Å². The third kappa shape index (κ3) is 3.77. The maximum absolute atomic E-state index is 13.2. The number of benzene rings is 1. The topological polar surface area (TPSA) is 77.4 Å². The van der Waals surface area contributed by atoms with Gasteiger partial charge in [0, 0.05) is 5.56 Å². The Morgan fingerprint density at radius 3 is 2.47 bits per heavy atom. The molecule has 0 saturated carbocycles. The van der Waals surface area contributed by atoms with E-state index in [0.717, 1.165) is 6.07 Å². The predicted molar refractivity (Wildman–Crippen MR) is 48.8 cm³/mol. The number of aliphatic hydroxyl groups is 1. The molecule has 0 radical (unpaired) electrons. The molecule has 1 atom stereocenters. The quantitative estimate of drug-likeness (QED) is 0.513. The molecule has 8 heteroatoms. The molecule has 0 aromatic heterocycles. The van der Waals surface area contributed by atoms with Crippen LogP contribution in [0.2, 0.25) is 0 Å². The fourth-order valence-electron chi connectivity index (χ4n) is 0.867. The van der Waals surface area contributed by atoms with Crippen molar-refractivity contribution >= 4 is 26.0 Å². The molecule has 78 valence electrons. The van der Waals surface area contributed by atoms with Gasteiger partial charge in [0.2, 0.25) is 0 Å². The summed E-state index contributed by atoms with van der Waals surface area (Å²) >= 11 is 2.80. The van der Waals surface area contributed by atoms with Crippen molar-refractivity contribution in [1.29, 1.82) is 0 Å². The van der Waals surface area contributed by atoms with Gasteiger partial charge in [0.05, 0.1) is 4.47 Å². The van der Waals surface area contributed by atoms with Crippen LogP contribution in [0, 0.1) is 5.82 Å². The third-order valence-electron chi connectivity index (χ3n) is 1.52. The van der Waals surface area contributed by atoms with Gasteiger partial charge in [-0.25, -0.2) is 12.8 Å². The fraction of sp³-hybridized carbons (Fsp3) is 0.143. The van der Waals surface area contributed by atoms with Gasteiger partial charge in [0.25, 0.3) is 0 Å². The molecule has 0 saturated heterocycles. The van der Waals surface area contributed by atoms with Crippen molar-refractivity contribution in [2.45, 2.75) is 5.44 Å². The minimum atomic E-state index is -4.95. The van der Waals surface area contributed by atoms with E-state index < -0.39 is 26.9 Å². The summed E-state index contributed by atoms with van der Waals surface area (Å²) < 4.78 is 44.4. The average Bonchev–Trinajstić information content (AvgIpc) is 2.07. The van der Waals surface area contributed by atoms with Crippen LogP contribution in [0.5, 0.6) is 0 Å². The van der Waals surface area contributed by atoms with Crippen LogP contribution in [0.3, 0.4) is 0 Å². The molecule has 0 spiro atoms. The number of hydrogen-bond acceptors (Lipinski definition) is 4. The van der Waals surface area contributed by atoms with Crippen molar-refractivity contribution in [2.75, 3.05) is 0 Å². The van der Waals surface area contributed by atoms with Crippen LogP contribution in [0.25, 0.3) is 0 Å². The zero-order valence-corrected chi connectivity index (χ0v) is 12.0. The molecule has 1 aromatic carbocycles. The van der Waals surface area contributed by atoms with Gasteiger partial charge in [-0.2, -0.15) is 0 Å². The van der Waals surface area contributed by atoms with Gasteiger partial charge in [-0.3, -0.25) is 0 Å². The van der Waals surface area contributed by atoms with E-state index in [1.54, 1.807) is 0 Å². The van der Waals surface area contributed by atoms with E-state index >= 15 is 0 Å². The molecule has 1 rings (SSSR count). The largest absolute Gasteiger partial charge is 1.00 e. The minimum absolute atomic E-state index is 0. The average molecular weight is 307 g/mol. The van der Waals surface area contributed by atoms with Gasteiger partial charge in [-0.05, 0) is 22.0 Å². The van der Waals surface area contributed by atoms with E-state index in [4.69, 9.17) is 5.11 Å². The van der Waals surface area contributed by atoms with Gasteiger partial charge in [-0.1, -0.05) is 12.1 Å². The second-order valence-electron chi connectivity index (χ2n) is 2.49. The van der Waals surface area contributed by atoms with E-state index in [-0.39, 0.29) is 34.0 Å². The van der Waals surface area contributed by atoms with E-state index in [0.29, 0.717) is 0 Å². The smallest absolute Gasteiger partial charge is 0.746 e. The fourth-order valence-corrected chi connectivity index (χ4v) is 1.74. The Balaban J connectivity index is 0.00000196. The van der Waals surface area contributed by atoms with E-state index in [2.05, 4.69) is 15.9 Å². The predicted octanol–water partition coefficient (Wildman–Crippen LogP) is -1.87. The molecule has 1 N–H and O–H groups in total. The van der Waals surface area contributed by atoms with Gasteiger partial charge in [0.15, 0.2) is 5.44 Å². The maximum Gasteiger partial charge on any atom is 1.00 e. The first-order valence-electron chi connectivity index (χ1n) is 3.40. The summed E-state index contributed by atoms with van der Waals surface area (Å²) in [5, 5.41) is 9.00. The second kappa shape index (κ2) is 5.72. The van der Waals surface area contributed by atoms with Crippen molar-refractivity contribution in [2.24, 2.45) is 0 Å². The molecule has 1 unspecified atom stereocenters. The third-order valence-corrected chi connectivity index (χ3v) is 2.93. The number of hydrogen-bond donors (Lipinski definition) is 1. The van der Waals surface area contributed by atoms with Crippen LogP contribution >= 0.6 is 15.9 Å². The molecule has 1 aromatic rings. The summed E-state index contributed by atoms with van der Waals surface area (Å²) in [7, 11) is -4.95. The number of rotatable bonds is 2. The molecule has 0 aliphatic rings. The molecule has 15 heavy (non-hydrogen) atoms. The minimum Gasteiger partial charge on any atom is -0.746 e. The maximum atomic E-state index is 13.2. The van der Waals surface area contributed by atoms with Gasteiger partial charge >= 0.3 is 29.6 Å². The van der Waals surface area contributed by atoms with E-state index in [1.807, 2.05) is 0 Å². The monoisotopic (exact) mass is 306 g/mol. The summed E-state index contributed by atoms with van der Waals surface area (Å²) in [4.78, 5) is 0. The first kappa shape index (κ1) is 15.5. The molecule has 0 aliphatic carbocycles. The SMILES string of the molecule is O=S(=O)([O-])C(O)c1cccc(Br)c1F.[Na+]. The molecule has 0 aliphatic heterocycles. The van der Waals surface area contributed by atoms with E-state index in [1.165, 1.54) is 12.1 Å². The summed E-state index contributed by atoms with van der Waals surface area (Å²) in [6.45, 7) is 0. The summed E-state index contributed by atoms with van der Waals surface area (Å²) in [6, 6.07) is 3.67. The first-order chi connectivity index (χ1) is 6.34. The molecule has 0 heterocycles. The standard InChI is InChI=1S/C7H6BrFO4S.Na/c8-5-3-1-2-4(6(5)9)7(10)14(11,12)13;/h1-3,7,10H,(H,11,12,13);/q;+1/p-1. The zero-order chi connectivity index (χ0) is 10.9. The van der Waals surface area contributed by atoms with E-state index in [9.17, 15) is 17.4 Å². The zero-order valence-electron chi connectivity index (χ0n) is 7.65. The van der Waals surface area contributed by atoms with Crippen LogP contribution < -0.4 is 29.6 Å². The molecule has 4 nitrogen and oxygen atoms in total. The van der Waals surface area contributed by atoms with Crippen LogP contribution in [0.1, 0.15) is 11.0 Å².